The van der Waals surface area contributed by atoms with Crippen LogP contribution in [0.4, 0.5) is 5.69 Å². The maximum Gasteiger partial charge on any atom is 0.236 e. The van der Waals surface area contributed by atoms with Crippen LogP contribution < -0.4 is 10.0 Å². The van der Waals surface area contributed by atoms with Crippen molar-refractivity contribution in [1.82, 2.24) is 0 Å². The number of fused-ring (bicyclic) bond motifs is 1. The lowest BCUT2D eigenvalue weighted by atomic mass is 10.0. The van der Waals surface area contributed by atoms with Crippen LogP contribution in [0.3, 0.4) is 0 Å². The molecule has 0 fully saturated rings. The van der Waals surface area contributed by atoms with E-state index in [0.717, 1.165) is 24.1 Å². The minimum Gasteiger partial charge on any atom is -0.329 e. The topological polar surface area (TPSA) is 63.4 Å². The molecule has 0 spiro atoms. The highest BCUT2D eigenvalue weighted by Crippen LogP contribution is 2.30. The van der Waals surface area contributed by atoms with Gasteiger partial charge in [0.25, 0.3) is 0 Å². The first kappa shape index (κ1) is 12.4. The molecule has 1 aromatic carbocycles. The largest absolute Gasteiger partial charge is 0.329 e. The lowest BCUT2D eigenvalue weighted by Gasteiger charge is -2.30. The van der Waals surface area contributed by atoms with Gasteiger partial charge in [0.15, 0.2) is 0 Å². The van der Waals surface area contributed by atoms with Gasteiger partial charge >= 0.3 is 0 Å². The van der Waals surface area contributed by atoms with Crippen LogP contribution in [0.25, 0.3) is 0 Å². The standard InChI is InChI=1S/C12H18N2O2S/c1-10-4-5-12-11(9-10)3-2-7-14(12)17(15,16)8-6-13/h4-5,9H,2-3,6-8,13H2,1H3. The predicted molar refractivity (Wildman–Crippen MR) is 69.7 cm³/mol. The number of hydrogen-bond donors (Lipinski definition) is 1. The van der Waals surface area contributed by atoms with E-state index in [1.54, 1.807) is 0 Å². The molecular formula is C12H18N2O2S. The Morgan fingerprint density at radius 3 is 2.88 bits per heavy atom. The summed E-state index contributed by atoms with van der Waals surface area (Å²) >= 11 is 0. The van der Waals surface area contributed by atoms with E-state index in [4.69, 9.17) is 5.73 Å². The number of anilines is 1. The molecule has 1 aromatic rings. The lowest BCUT2D eigenvalue weighted by molar-refractivity contribution is 0.586. The maximum absolute atomic E-state index is 12.1. The average Bonchev–Trinajstić information content (AvgIpc) is 2.27. The normalized spacial score (nSPS) is 15.8. The van der Waals surface area contributed by atoms with Crippen molar-refractivity contribution in [3.8, 4) is 0 Å². The van der Waals surface area contributed by atoms with E-state index >= 15 is 0 Å². The molecule has 0 aliphatic carbocycles. The van der Waals surface area contributed by atoms with Crippen LogP contribution in [-0.4, -0.2) is 27.3 Å². The van der Waals surface area contributed by atoms with Crippen molar-refractivity contribution in [3.05, 3.63) is 29.3 Å². The van der Waals surface area contributed by atoms with Gasteiger partial charge in [0.1, 0.15) is 0 Å². The Morgan fingerprint density at radius 1 is 1.41 bits per heavy atom. The average molecular weight is 254 g/mol. The van der Waals surface area contributed by atoms with Crippen molar-refractivity contribution in [1.29, 1.82) is 0 Å². The van der Waals surface area contributed by atoms with E-state index in [0.29, 0.717) is 6.54 Å². The molecule has 2 rings (SSSR count). The smallest absolute Gasteiger partial charge is 0.236 e. The third kappa shape index (κ3) is 2.45. The van der Waals surface area contributed by atoms with Crippen molar-refractivity contribution < 1.29 is 8.42 Å². The van der Waals surface area contributed by atoms with Crippen LogP contribution in [0.15, 0.2) is 18.2 Å². The van der Waals surface area contributed by atoms with Crippen LogP contribution >= 0.6 is 0 Å². The Kier molecular flexibility index (Phi) is 3.40. The number of hydrogen-bond acceptors (Lipinski definition) is 3. The van der Waals surface area contributed by atoms with Crippen LogP contribution in [0, 0.1) is 6.92 Å². The summed E-state index contributed by atoms with van der Waals surface area (Å²) in [5.41, 5.74) is 8.48. The third-order valence-electron chi connectivity index (χ3n) is 3.02. The molecule has 0 amide bonds. The van der Waals surface area contributed by atoms with E-state index in [-0.39, 0.29) is 12.3 Å². The summed E-state index contributed by atoms with van der Waals surface area (Å²) in [6.07, 6.45) is 1.83. The van der Waals surface area contributed by atoms with Crippen molar-refractivity contribution >= 4 is 15.7 Å². The second-order valence-electron chi connectivity index (χ2n) is 4.41. The zero-order valence-corrected chi connectivity index (χ0v) is 10.8. The van der Waals surface area contributed by atoms with Gasteiger partial charge in [-0.15, -0.1) is 0 Å². The number of nitrogens with two attached hydrogens (primary N) is 1. The summed E-state index contributed by atoms with van der Waals surface area (Å²) in [4.78, 5) is 0. The molecule has 0 bridgehead atoms. The summed E-state index contributed by atoms with van der Waals surface area (Å²) < 4.78 is 25.7. The Labute approximate surface area is 102 Å². The minimum absolute atomic E-state index is 0.0142. The van der Waals surface area contributed by atoms with Gasteiger partial charge in [-0.2, -0.15) is 0 Å². The Bertz CT molecular complexity index is 511. The van der Waals surface area contributed by atoms with E-state index in [9.17, 15) is 8.42 Å². The molecule has 1 heterocycles. The second-order valence-corrected chi connectivity index (χ2v) is 6.43. The molecule has 0 saturated heterocycles. The Hall–Kier alpha value is -1.07. The first-order valence-electron chi connectivity index (χ1n) is 5.84. The van der Waals surface area contributed by atoms with Crippen LogP contribution in [0.1, 0.15) is 17.5 Å². The maximum atomic E-state index is 12.1. The van der Waals surface area contributed by atoms with E-state index < -0.39 is 10.0 Å². The molecule has 4 nitrogen and oxygen atoms in total. The summed E-state index contributed by atoms with van der Waals surface area (Å²) in [5.74, 6) is 0.0142. The number of benzene rings is 1. The van der Waals surface area contributed by atoms with Crippen molar-refractivity contribution in [3.63, 3.8) is 0 Å². The molecular weight excluding hydrogens is 236 g/mol. The first-order chi connectivity index (χ1) is 8.04. The van der Waals surface area contributed by atoms with Crippen molar-refractivity contribution in [2.75, 3.05) is 23.1 Å². The molecule has 5 heteroatoms. The summed E-state index contributed by atoms with van der Waals surface area (Å²) in [6.45, 7) is 2.76. The SMILES string of the molecule is Cc1ccc2c(c1)CCCN2S(=O)(=O)CCN. The van der Waals surface area contributed by atoms with E-state index in [1.807, 2.05) is 19.1 Å². The fraction of sp³-hybridized carbons (Fsp3) is 0.500. The van der Waals surface area contributed by atoms with Crippen molar-refractivity contribution in [2.24, 2.45) is 5.73 Å². The molecule has 0 saturated carbocycles. The monoisotopic (exact) mass is 254 g/mol. The quantitative estimate of drug-likeness (QED) is 0.876. The fourth-order valence-corrected chi connectivity index (χ4v) is 3.64. The molecule has 1 aliphatic rings. The molecule has 0 radical (unpaired) electrons. The molecule has 1 aliphatic heterocycles. The zero-order chi connectivity index (χ0) is 12.5. The van der Waals surface area contributed by atoms with Gasteiger partial charge in [0.2, 0.25) is 10.0 Å². The van der Waals surface area contributed by atoms with Gasteiger partial charge in [-0.3, -0.25) is 4.31 Å². The van der Waals surface area contributed by atoms with E-state index in [1.165, 1.54) is 9.87 Å². The van der Waals surface area contributed by atoms with Crippen LogP contribution in [0.2, 0.25) is 0 Å². The van der Waals surface area contributed by atoms with Crippen LogP contribution in [-0.2, 0) is 16.4 Å². The number of rotatable bonds is 3. The molecule has 94 valence electrons. The number of sulfonamides is 1. The molecule has 17 heavy (non-hydrogen) atoms. The number of aryl methyl sites for hydroxylation is 2. The highest BCUT2D eigenvalue weighted by molar-refractivity contribution is 7.92. The van der Waals surface area contributed by atoms with Crippen LogP contribution in [0.5, 0.6) is 0 Å². The van der Waals surface area contributed by atoms with Crippen molar-refractivity contribution in [2.45, 2.75) is 19.8 Å². The Balaban J connectivity index is 2.42. The molecule has 0 unspecified atom stereocenters. The first-order valence-corrected chi connectivity index (χ1v) is 7.45. The summed E-state index contributed by atoms with van der Waals surface area (Å²) in [5, 5.41) is 0. The second kappa shape index (κ2) is 4.66. The molecule has 0 atom stereocenters. The zero-order valence-electron chi connectivity index (χ0n) is 10.0. The summed E-state index contributed by atoms with van der Waals surface area (Å²) in [7, 11) is -3.25. The lowest BCUT2D eigenvalue weighted by Crippen LogP contribution is -2.38. The van der Waals surface area contributed by atoms with Gasteiger partial charge in [-0.1, -0.05) is 17.7 Å². The summed E-state index contributed by atoms with van der Waals surface area (Å²) in [6, 6.07) is 5.92. The van der Waals surface area contributed by atoms with Gasteiger partial charge < -0.3 is 5.73 Å². The molecule has 0 aromatic heterocycles. The number of nitrogens with zero attached hydrogens (tertiary/aromatic N) is 1. The highest BCUT2D eigenvalue weighted by atomic mass is 32.2. The third-order valence-corrected chi connectivity index (χ3v) is 4.83. The van der Waals surface area contributed by atoms with Gasteiger partial charge in [-0.25, -0.2) is 8.42 Å². The minimum atomic E-state index is -3.25. The van der Waals surface area contributed by atoms with Gasteiger partial charge in [-0.05, 0) is 31.4 Å². The predicted octanol–water partition coefficient (Wildman–Crippen LogP) is 1.04. The van der Waals surface area contributed by atoms with Gasteiger partial charge in [0.05, 0.1) is 11.4 Å². The van der Waals surface area contributed by atoms with Gasteiger partial charge in [0, 0.05) is 13.1 Å². The highest BCUT2D eigenvalue weighted by Gasteiger charge is 2.26. The molecule has 2 N–H and O–H groups in total. The Morgan fingerprint density at radius 2 is 2.18 bits per heavy atom. The van der Waals surface area contributed by atoms with E-state index in [2.05, 4.69) is 6.07 Å². The fourth-order valence-electron chi connectivity index (χ4n) is 2.24.